The zero-order valence-electron chi connectivity index (χ0n) is 17.9. The van der Waals surface area contributed by atoms with Crippen LogP contribution in [0.5, 0.6) is 0 Å². The highest BCUT2D eigenvalue weighted by atomic mass is 19.1. The molecular weight excluding hydrogens is 405 g/mol. The summed E-state index contributed by atoms with van der Waals surface area (Å²) in [5.41, 5.74) is 4.77. The molecule has 0 spiro atoms. The van der Waals surface area contributed by atoms with E-state index in [0.29, 0.717) is 12.6 Å². The average Bonchev–Trinajstić information content (AvgIpc) is 3.43. The lowest BCUT2D eigenvalue weighted by atomic mass is 9.96. The molecule has 4 heterocycles. The molecule has 0 radical (unpaired) electrons. The van der Waals surface area contributed by atoms with Gasteiger partial charge in [-0.05, 0) is 67.2 Å². The maximum absolute atomic E-state index is 14.7. The van der Waals surface area contributed by atoms with Gasteiger partial charge in [0.25, 0.3) is 5.56 Å². The number of halogens is 1. The van der Waals surface area contributed by atoms with E-state index in [0.717, 1.165) is 66.5 Å². The zero-order valence-corrected chi connectivity index (χ0v) is 17.9. The summed E-state index contributed by atoms with van der Waals surface area (Å²) in [5.74, 6) is -0.162. The Balaban J connectivity index is 1.08. The number of fused-ring (bicyclic) bond motifs is 1. The summed E-state index contributed by atoms with van der Waals surface area (Å²) in [4.78, 5) is 22.2. The minimum atomic E-state index is -0.190. The number of imidazole rings is 1. The molecule has 1 atom stereocenters. The van der Waals surface area contributed by atoms with Gasteiger partial charge in [-0.1, -0.05) is 6.07 Å². The Morgan fingerprint density at radius 1 is 1.12 bits per heavy atom. The van der Waals surface area contributed by atoms with Gasteiger partial charge >= 0.3 is 0 Å². The van der Waals surface area contributed by atoms with Crippen LogP contribution in [0.3, 0.4) is 0 Å². The van der Waals surface area contributed by atoms with Gasteiger partial charge < -0.3 is 19.8 Å². The van der Waals surface area contributed by atoms with Crippen LogP contribution in [-0.2, 0) is 13.1 Å². The van der Waals surface area contributed by atoms with Crippen LogP contribution in [0.2, 0.25) is 0 Å². The molecule has 0 saturated carbocycles. The van der Waals surface area contributed by atoms with E-state index in [4.69, 9.17) is 0 Å². The number of hydrogen-bond acceptors (Lipinski definition) is 4. The second-order valence-corrected chi connectivity index (χ2v) is 9.09. The minimum absolute atomic E-state index is 0.0273. The summed E-state index contributed by atoms with van der Waals surface area (Å²) >= 11 is 0. The molecule has 0 aliphatic carbocycles. The van der Waals surface area contributed by atoms with E-state index in [1.54, 1.807) is 35.2 Å². The van der Waals surface area contributed by atoms with Gasteiger partial charge in [-0.15, -0.1) is 0 Å². The Morgan fingerprint density at radius 2 is 1.97 bits per heavy atom. The number of rotatable bonds is 5. The molecule has 2 aliphatic heterocycles. The van der Waals surface area contributed by atoms with Crippen LogP contribution in [0.25, 0.3) is 21.9 Å². The minimum Gasteiger partial charge on any atom is -0.345 e. The van der Waals surface area contributed by atoms with E-state index in [1.807, 2.05) is 0 Å². The van der Waals surface area contributed by atoms with Crippen molar-refractivity contribution < 1.29 is 4.39 Å². The summed E-state index contributed by atoms with van der Waals surface area (Å²) in [6.07, 6.45) is 3.86. The van der Waals surface area contributed by atoms with Crippen molar-refractivity contribution in [1.82, 2.24) is 24.8 Å². The molecule has 2 aromatic heterocycles. The van der Waals surface area contributed by atoms with Crippen LogP contribution < -0.4 is 10.9 Å². The fourth-order valence-electron chi connectivity index (χ4n) is 5.41. The number of piperidine rings is 1. The van der Waals surface area contributed by atoms with Crippen molar-refractivity contribution in [1.29, 1.82) is 0 Å². The van der Waals surface area contributed by atoms with Gasteiger partial charge in [-0.2, -0.15) is 0 Å². The number of hydrogen-bond donors (Lipinski definition) is 2. The third-order valence-corrected chi connectivity index (χ3v) is 7.09. The van der Waals surface area contributed by atoms with Gasteiger partial charge in [0, 0.05) is 43.2 Å². The highest BCUT2D eigenvalue weighted by Crippen LogP contribution is 2.35. The van der Waals surface area contributed by atoms with Gasteiger partial charge in [-0.25, -0.2) is 9.37 Å². The third-order valence-electron chi connectivity index (χ3n) is 7.09. The van der Waals surface area contributed by atoms with E-state index in [2.05, 4.69) is 38.4 Å². The number of likely N-dealkylation sites (tertiary alicyclic amines) is 1. The second kappa shape index (κ2) is 7.83. The first-order valence-corrected chi connectivity index (χ1v) is 11.4. The van der Waals surface area contributed by atoms with Crippen LogP contribution in [-0.4, -0.2) is 45.1 Å². The fraction of sp³-hybridized carbons (Fsp3) is 0.360. The first-order chi connectivity index (χ1) is 15.7. The van der Waals surface area contributed by atoms with Crippen molar-refractivity contribution in [3.8, 4) is 0 Å². The molecule has 4 aromatic rings. The standard InChI is InChI=1S/C25H26FN5O/c26-20-4-2-17-3-6-23(32)31-14-18(24(20)25(17)31)13-30-9-7-19(8-10-30)27-12-16-1-5-21-22(11-16)29-15-28-21/h1-6,11,15,18-19,27H,7-10,12-14H2,(H,28,29)/t18-/m1/s1. The van der Waals surface area contributed by atoms with Crippen molar-refractivity contribution in [2.24, 2.45) is 0 Å². The topological polar surface area (TPSA) is 66.0 Å². The molecule has 2 aliphatic rings. The lowest BCUT2D eigenvalue weighted by Gasteiger charge is -2.34. The summed E-state index contributed by atoms with van der Waals surface area (Å²) in [6, 6.07) is 13.5. The largest absolute Gasteiger partial charge is 0.345 e. The quantitative estimate of drug-likeness (QED) is 0.509. The number of pyridine rings is 1. The summed E-state index contributed by atoms with van der Waals surface area (Å²) in [6.45, 7) is 4.17. The number of aromatic amines is 1. The Kier molecular flexibility index (Phi) is 4.81. The summed E-state index contributed by atoms with van der Waals surface area (Å²) in [5, 5.41) is 4.63. The monoisotopic (exact) mass is 431 g/mol. The van der Waals surface area contributed by atoms with E-state index in [1.165, 1.54) is 5.56 Å². The van der Waals surface area contributed by atoms with Gasteiger partial charge in [0.1, 0.15) is 5.82 Å². The molecule has 6 rings (SSSR count). The average molecular weight is 432 g/mol. The fourth-order valence-corrected chi connectivity index (χ4v) is 5.41. The molecule has 0 unspecified atom stereocenters. The second-order valence-electron chi connectivity index (χ2n) is 9.09. The Bertz CT molecular complexity index is 1350. The van der Waals surface area contributed by atoms with Gasteiger partial charge in [0.15, 0.2) is 0 Å². The Morgan fingerprint density at radius 3 is 2.84 bits per heavy atom. The normalized spacial score (nSPS) is 19.3. The van der Waals surface area contributed by atoms with Crippen molar-refractivity contribution >= 4 is 21.9 Å². The van der Waals surface area contributed by atoms with Crippen molar-refractivity contribution in [3.05, 3.63) is 76.1 Å². The number of nitrogens with one attached hydrogen (secondary N) is 2. The molecule has 0 bridgehead atoms. The lowest BCUT2D eigenvalue weighted by Crippen LogP contribution is -2.43. The third kappa shape index (κ3) is 3.42. The van der Waals surface area contributed by atoms with E-state index in [9.17, 15) is 9.18 Å². The van der Waals surface area contributed by atoms with Gasteiger partial charge in [0.05, 0.1) is 22.9 Å². The van der Waals surface area contributed by atoms with Crippen molar-refractivity contribution in [3.63, 3.8) is 0 Å². The van der Waals surface area contributed by atoms with Crippen LogP contribution in [0.4, 0.5) is 4.39 Å². The molecule has 2 aromatic carbocycles. The summed E-state index contributed by atoms with van der Waals surface area (Å²) in [7, 11) is 0. The van der Waals surface area contributed by atoms with Gasteiger partial charge in [0.2, 0.25) is 0 Å². The van der Waals surface area contributed by atoms with Crippen LogP contribution >= 0.6 is 0 Å². The molecule has 1 fully saturated rings. The molecule has 0 amide bonds. The van der Waals surface area contributed by atoms with Crippen LogP contribution in [0, 0.1) is 5.82 Å². The van der Waals surface area contributed by atoms with Crippen molar-refractivity contribution in [2.45, 2.75) is 37.9 Å². The molecule has 1 saturated heterocycles. The van der Waals surface area contributed by atoms with E-state index < -0.39 is 0 Å². The predicted molar refractivity (Wildman–Crippen MR) is 123 cm³/mol. The number of benzene rings is 2. The highest BCUT2D eigenvalue weighted by Gasteiger charge is 2.31. The molecule has 32 heavy (non-hydrogen) atoms. The highest BCUT2D eigenvalue weighted by molar-refractivity contribution is 5.84. The zero-order chi connectivity index (χ0) is 21.7. The number of nitrogens with zero attached hydrogens (tertiary/aromatic N) is 3. The van der Waals surface area contributed by atoms with E-state index >= 15 is 0 Å². The number of H-pyrrole nitrogens is 1. The Labute approximate surface area is 185 Å². The lowest BCUT2D eigenvalue weighted by molar-refractivity contribution is 0.184. The Hall–Kier alpha value is -3.03. The van der Waals surface area contributed by atoms with Crippen LogP contribution in [0.15, 0.2) is 53.6 Å². The maximum atomic E-state index is 14.7. The number of aromatic nitrogens is 3. The first-order valence-electron chi connectivity index (χ1n) is 11.4. The predicted octanol–water partition coefficient (Wildman–Crippen LogP) is 3.37. The molecule has 7 heteroatoms. The molecule has 164 valence electrons. The smallest absolute Gasteiger partial charge is 0.251 e. The SMILES string of the molecule is O=c1ccc2ccc(F)c3c2n1C[C@H]3CN1CCC(NCc2ccc3nc[nH]c3c2)CC1. The molecule has 2 N–H and O–H groups in total. The van der Waals surface area contributed by atoms with Gasteiger partial charge in [-0.3, -0.25) is 4.79 Å². The molecular formula is C25H26FN5O. The maximum Gasteiger partial charge on any atom is 0.251 e. The molecule has 6 nitrogen and oxygen atoms in total. The van der Waals surface area contributed by atoms with Crippen molar-refractivity contribution in [2.75, 3.05) is 19.6 Å². The van der Waals surface area contributed by atoms with Crippen LogP contribution in [0.1, 0.15) is 29.9 Å². The first kappa shape index (κ1) is 19.6. The van der Waals surface area contributed by atoms with E-state index in [-0.39, 0.29) is 17.3 Å². The summed E-state index contributed by atoms with van der Waals surface area (Å²) < 4.78 is 16.5.